The molecule has 1 amide bonds. The Morgan fingerprint density at radius 3 is 3.00 bits per heavy atom. The Bertz CT molecular complexity index is 403. The van der Waals surface area contributed by atoms with Crippen molar-refractivity contribution in [3.8, 4) is 0 Å². The summed E-state index contributed by atoms with van der Waals surface area (Å²) in [7, 11) is 0. The largest absolute Gasteiger partial charge is 0.368 e. The number of amides is 1. The van der Waals surface area contributed by atoms with Crippen molar-refractivity contribution in [1.82, 2.24) is 10.3 Å². The van der Waals surface area contributed by atoms with Gasteiger partial charge in [-0.2, -0.15) is 0 Å². The SMILES string of the molecule is Cc1cccc(NC(=O)COC2CCNCC2)n1. The van der Waals surface area contributed by atoms with Gasteiger partial charge in [-0.05, 0) is 45.0 Å². The number of aromatic nitrogens is 1. The molecule has 2 heterocycles. The third-order valence-corrected chi connectivity index (χ3v) is 2.89. The zero-order chi connectivity index (χ0) is 12.8. The van der Waals surface area contributed by atoms with Crippen LogP contribution < -0.4 is 10.6 Å². The van der Waals surface area contributed by atoms with Crippen molar-refractivity contribution in [2.24, 2.45) is 0 Å². The molecule has 0 radical (unpaired) electrons. The van der Waals surface area contributed by atoms with E-state index >= 15 is 0 Å². The van der Waals surface area contributed by atoms with Crippen molar-refractivity contribution in [3.63, 3.8) is 0 Å². The van der Waals surface area contributed by atoms with Crippen LogP contribution in [0.25, 0.3) is 0 Å². The molecular weight excluding hydrogens is 230 g/mol. The molecule has 5 heteroatoms. The number of aryl methyl sites for hydroxylation is 1. The molecule has 1 aliphatic heterocycles. The number of pyridine rings is 1. The van der Waals surface area contributed by atoms with Crippen molar-refractivity contribution in [1.29, 1.82) is 0 Å². The zero-order valence-corrected chi connectivity index (χ0v) is 10.6. The first-order chi connectivity index (χ1) is 8.74. The van der Waals surface area contributed by atoms with Crippen LogP contribution in [0.3, 0.4) is 0 Å². The van der Waals surface area contributed by atoms with Crippen LogP contribution in [0.5, 0.6) is 0 Å². The van der Waals surface area contributed by atoms with Crippen LogP contribution in [0, 0.1) is 6.92 Å². The van der Waals surface area contributed by atoms with E-state index < -0.39 is 0 Å². The molecule has 5 nitrogen and oxygen atoms in total. The molecule has 2 N–H and O–H groups in total. The maximum atomic E-state index is 11.7. The van der Waals surface area contributed by atoms with Gasteiger partial charge in [0, 0.05) is 5.69 Å². The summed E-state index contributed by atoms with van der Waals surface area (Å²) in [5, 5.41) is 5.99. The molecule has 0 aromatic carbocycles. The van der Waals surface area contributed by atoms with Crippen LogP contribution >= 0.6 is 0 Å². The Labute approximate surface area is 107 Å². The lowest BCUT2D eigenvalue weighted by atomic mass is 10.1. The summed E-state index contributed by atoms with van der Waals surface area (Å²) in [6.45, 7) is 3.92. The van der Waals surface area contributed by atoms with E-state index in [-0.39, 0.29) is 18.6 Å². The molecule has 0 saturated carbocycles. The first kappa shape index (κ1) is 13.0. The normalized spacial score (nSPS) is 16.5. The quantitative estimate of drug-likeness (QED) is 0.838. The highest BCUT2D eigenvalue weighted by Gasteiger charge is 2.14. The van der Waals surface area contributed by atoms with Gasteiger partial charge in [-0.3, -0.25) is 4.79 Å². The Morgan fingerprint density at radius 1 is 1.50 bits per heavy atom. The van der Waals surface area contributed by atoms with E-state index in [1.807, 2.05) is 19.1 Å². The molecule has 1 aliphatic rings. The maximum absolute atomic E-state index is 11.7. The van der Waals surface area contributed by atoms with Gasteiger partial charge >= 0.3 is 0 Å². The molecule has 1 fully saturated rings. The number of hydrogen-bond donors (Lipinski definition) is 2. The molecule has 0 spiro atoms. The van der Waals surface area contributed by atoms with Crippen LogP contribution in [0.4, 0.5) is 5.82 Å². The Balaban J connectivity index is 1.74. The molecule has 1 aromatic rings. The highest BCUT2D eigenvalue weighted by Crippen LogP contribution is 2.08. The lowest BCUT2D eigenvalue weighted by molar-refractivity contribution is -0.123. The molecule has 2 rings (SSSR count). The van der Waals surface area contributed by atoms with Crippen LogP contribution in [-0.2, 0) is 9.53 Å². The number of rotatable bonds is 4. The number of carbonyl (C=O) groups is 1. The predicted molar refractivity (Wildman–Crippen MR) is 69.4 cm³/mol. The van der Waals surface area contributed by atoms with Gasteiger partial charge in [0.25, 0.3) is 5.91 Å². The third kappa shape index (κ3) is 4.09. The predicted octanol–water partition coefficient (Wildman–Crippen LogP) is 1.10. The number of anilines is 1. The Morgan fingerprint density at radius 2 is 2.28 bits per heavy atom. The van der Waals surface area contributed by atoms with E-state index in [0.29, 0.717) is 5.82 Å². The van der Waals surface area contributed by atoms with Crippen LogP contribution in [0.2, 0.25) is 0 Å². The van der Waals surface area contributed by atoms with Crippen molar-refractivity contribution in [3.05, 3.63) is 23.9 Å². The number of nitrogens with zero attached hydrogens (tertiary/aromatic N) is 1. The zero-order valence-electron chi connectivity index (χ0n) is 10.6. The summed E-state index contributed by atoms with van der Waals surface area (Å²) in [5.74, 6) is 0.431. The Kier molecular flexibility index (Phi) is 4.66. The average Bonchev–Trinajstić information content (AvgIpc) is 2.38. The maximum Gasteiger partial charge on any atom is 0.251 e. The second kappa shape index (κ2) is 6.47. The molecule has 0 unspecified atom stereocenters. The summed E-state index contributed by atoms with van der Waals surface area (Å²) >= 11 is 0. The van der Waals surface area contributed by atoms with Crippen LogP contribution in [0.1, 0.15) is 18.5 Å². The fraction of sp³-hybridized carbons (Fsp3) is 0.538. The van der Waals surface area contributed by atoms with Gasteiger partial charge in [0.05, 0.1) is 6.10 Å². The molecule has 98 valence electrons. The van der Waals surface area contributed by atoms with Gasteiger partial charge in [0.1, 0.15) is 12.4 Å². The van der Waals surface area contributed by atoms with E-state index in [9.17, 15) is 4.79 Å². The molecule has 0 aliphatic carbocycles. The smallest absolute Gasteiger partial charge is 0.251 e. The topological polar surface area (TPSA) is 63.2 Å². The summed E-state index contributed by atoms with van der Waals surface area (Å²) in [6.07, 6.45) is 2.13. The van der Waals surface area contributed by atoms with E-state index in [2.05, 4.69) is 15.6 Å². The second-order valence-electron chi connectivity index (χ2n) is 4.47. The van der Waals surface area contributed by atoms with Crippen LogP contribution in [-0.4, -0.2) is 36.7 Å². The molecule has 18 heavy (non-hydrogen) atoms. The van der Waals surface area contributed by atoms with Gasteiger partial charge in [0.15, 0.2) is 0 Å². The van der Waals surface area contributed by atoms with Crippen molar-refractivity contribution < 1.29 is 9.53 Å². The van der Waals surface area contributed by atoms with E-state index in [4.69, 9.17) is 4.74 Å². The number of nitrogens with one attached hydrogen (secondary N) is 2. The first-order valence-corrected chi connectivity index (χ1v) is 6.30. The van der Waals surface area contributed by atoms with E-state index in [1.54, 1.807) is 6.07 Å². The standard InChI is InChI=1S/C13H19N3O2/c1-10-3-2-4-12(15-10)16-13(17)9-18-11-5-7-14-8-6-11/h2-4,11,14H,5-9H2,1H3,(H,15,16,17). The third-order valence-electron chi connectivity index (χ3n) is 2.89. The highest BCUT2D eigenvalue weighted by atomic mass is 16.5. The summed E-state index contributed by atoms with van der Waals surface area (Å²) in [5.41, 5.74) is 0.882. The summed E-state index contributed by atoms with van der Waals surface area (Å²) < 4.78 is 5.57. The van der Waals surface area contributed by atoms with Gasteiger partial charge < -0.3 is 15.4 Å². The summed E-state index contributed by atoms with van der Waals surface area (Å²) in [6, 6.07) is 5.53. The minimum Gasteiger partial charge on any atom is -0.368 e. The number of carbonyl (C=O) groups excluding carboxylic acids is 1. The van der Waals surface area contributed by atoms with Crippen molar-refractivity contribution in [2.75, 3.05) is 25.0 Å². The van der Waals surface area contributed by atoms with Crippen molar-refractivity contribution >= 4 is 11.7 Å². The van der Waals surface area contributed by atoms with Crippen molar-refractivity contribution in [2.45, 2.75) is 25.9 Å². The molecule has 1 aromatic heterocycles. The second-order valence-corrected chi connectivity index (χ2v) is 4.47. The van der Waals surface area contributed by atoms with E-state index in [1.165, 1.54) is 0 Å². The molecule has 0 bridgehead atoms. The molecular formula is C13H19N3O2. The highest BCUT2D eigenvalue weighted by molar-refractivity contribution is 5.90. The monoisotopic (exact) mass is 249 g/mol. The number of hydrogen-bond acceptors (Lipinski definition) is 4. The van der Waals surface area contributed by atoms with Gasteiger partial charge in [-0.1, -0.05) is 6.07 Å². The fourth-order valence-corrected chi connectivity index (χ4v) is 1.95. The lowest BCUT2D eigenvalue weighted by Gasteiger charge is -2.22. The van der Waals surface area contributed by atoms with Crippen LogP contribution in [0.15, 0.2) is 18.2 Å². The van der Waals surface area contributed by atoms with Gasteiger partial charge in [-0.15, -0.1) is 0 Å². The van der Waals surface area contributed by atoms with Gasteiger partial charge in [-0.25, -0.2) is 4.98 Å². The molecule has 1 saturated heterocycles. The fourth-order valence-electron chi connectivity index (χ4n) is 1.95. The Hall–Kier alpha value is -1.46. The minimum absolute atomic E-state index is 0.0975. The van der Waals surface area contributed by atoms with Gasteiger partial charge in [0.2, 0.25) is 0 Å². The molecule has 0 atom stereocenters. The minimum atomic E-state index is -0.147. The number of ether oxygens (including phenoxy) is 1. The average molecular weight is 249 g/mol. The first-order valence-electron chi connectivity index (χ1n) is 6.30. The number of piperidine rings is 1. The summed E-state index contributed by atoms with van der Waals surface area (Å²) in [4.78, 5) is 15.9. The lowest BCUT2D eigenvalue weighted by Crippen LogP contribution is -2.34. The van der Waals surface area contributed by atoms with E-state index in [0.717, 1.165) is 31.6 Å².